The lowest BCUT2D eigenvalue weighted by Gasteiger charge is -2.39. The Kier molecular flexibility index (Phi) is 6.45. The first-order valence-electron chi connectivity index (χ1n) is 9.55. The van der Waals surface area contributed by atoms with Gasteiger partial charge in [0.2, 0.25) is 5.91 Å². The van der Waals surface area contributed by atoms with E-state index in [0.717, 1.165) is 31.6 Å². The zero-order valence-electron chi connectivity index (χ0n) is 16.4. The van der Waals surface area contributed by atoms with E-state index in [-0.39, 0.29) is 5.91 Å². The maximum absolute atomic E-state index is 12.5. The minimum atomic E-state index is -5.08. The van der Waals surface area contributed by atoms with Crippen LogP contribution in [0.1, 0.15) is 24.8 Å². The Hall–Kier alpha value is -2.88. The van der Waals surface area contributed by atoms with Crippen molar-refractivity contribution in [3.8, 4) is 0 Å². The van der Waals surface area contributed by atoms with Gasteiger partial charge in [0.1, 0.15) is 0 Å². The third-order valence-corrected chi connectivity index (χ3v) is 5.30. The van der Waals surface area contributed by atoms with Crippen molar-refractivity contribution < 1.29 is 27.9 Å². The van der Waals surface area contributed by atoms with Crippen molar-refractivity contribution in [2.24, 2.45) is 7.05 Å². The first-order chi connectivity index (χ1) is 14.2. The Labute approximate surface area is 171 Å². The number of rotatable bonds is 3. The van der Waals surface area contributed by atoms with Crippen molar-refractivity contribution in [3.63, 3.8) is 0 Å². The molecular weight excluding hydrogens is 401 g/mol. The Morgan fingerprint density at radius 1 is 1.20 bits per heavy atom. The predicted octanol–water partition coefficient (Wildman–Crippen LogP) is 2.82. The monoisotopic (exact) mass is 424 g/mol. The summed E-state index contributed by atoms with van der Waals surface area (Å²) < 4.78 is 33.6. The Balaban J connectivity index is 0.000000318. The number of halogens is 3. The maximum atomic E-state index is 12.5. The molecule has 1 N–H and O–H groups in total. The largest absolute Gasteiger partial charge is 0.490 e. The molecule has 0 radical (unpaired) electrons. The second-order valence-corrected chi connectivity index (χ2v) is 7.36. The molecule has 0 spiro atoms. The van der Waals surface area contributed by atoms with Crippen molar-refractivity contribution in [2.45, 2.75) is 44.1 Å². The van der Waals surface area contributed by atoms with E-state index in [0.29, 0.717) is 18.5 Å². The molecule has 2 aromatic rings. The van der Waals surface area contributed by atoms with Gasteiger partial charge in [-0.15, -0.1) is 0 Å². The number of aryl methyl sites for hydroxylation is 1. The van der Waals surface area contributed by atoms with Gasteiger partial charge >= 0.3 is 12.1 Å². The number of aliphatic carboxylic acids is 1. The fourth-order valence-electron chi connectivity index (χ4n) is 4.06. The molecule has 0 aliphatic carbocycles. The van der Waals surface area contributed by atoms with Crippen LogP contribution in [-0.4, -0.2) is 56.5 Å². The lowest BCUT2D eigenvalue weighted by atomic mass is 9.95. The van der Waals surface area contributed by atoms with Gasteiger partial charge in [0.05, 0.1) is 12.2 Å². The molecule has 0 bridgehead atoms. The quantitative estimate of drug-likeness (QED) is 0.820. The molecule has 4 rings (SSSR count). The van der Waals surface area contributed by atoms with E-state index in [1.807, 2.05) is 53.2 Å². The number of alkyl halides is 3. The Morgan fingerprint density at radius 2 is 1.87 bits per heavy atom. The summed E-state index contributed by atoms with van der Waals surface area (Å²) >= 11 is 0. The number of benzene rings is 1. The molecule has 30 heavy (non-hydrogen) atoms. The molecule has 1 amide bonds. The molecule has 3 heterocycles. The summed E-state index contributed by atoms with van der Waals surface area (Å²) in [4.78, 5) is 26.0. The molecular formula is C20H23F3N4O3. The molecule has 2 aliphatic rings. The molecule has 2 atom stereocenters. The summed E-state index contributed by atoms with van der Waals surface area (Å²) in [6.45, 7) is 1.96. The minimum Gasteiger partial charge on any atom is -0.475 e. The van der Waals surface area contributed by atoms with Crippen molar-refractivity contribution >= 4 is 17.6 Å². The molecule has 10 heteroatoms. The van der Waals surface area contributed by atoms with Crippen LogP contribution >= 0.6 is 0 Å². The second kappa shape index (κ2) is 8.86. The fourth-order valence-corrected chi connectivity index (χ4v) is 4.06. The number of anilines is 1. The summed E-state index contributed by atoms with van der Waals surface area (Å²) in [6, 6.07) is 10.9. The van der Waals surface area contributed by atoms with Gasteiger partial charge in [-0.25, -0.2) is 4.79 Å². The van der Waals surface area contributed by atoms with Crippen LogP contribution in [-0.2, 0) is 23.2 Å². The van der Waals surface area contributed by atoms with E-state index in [4.69, 9.17) is 9.90 Å². The standard InChI is InChI=1S/C18H22N4O.C2HF3O2/c1-20-12-14(11-19-20)13-21-10-9-17-16(21)7-8-18(23)22(17)15-5-3-2-4-6-15;3-2(4,5)1(6)7/h2-6,11-12,16-17H,7-10,13H2,1H3;(H,6,7)/t16-,17-;/m0./s1. The number of aromatic nitrogens is 2. The number of amides is 1. The average molecular weight is 424 g/mol. The molecule has 0 saturated carbocycles. The highest BCUT2D eigenvalue weighted by atomic mass is 19.4. The Morgan fingerprint density at radius 3 is 2.43 bits per heavy atom. The second-order valence-electron chi connectivity index (χ2n) is 7.36. The number of carboxylic acid groups (broad SMARTS) is 1. The van der Waals surface area contributed by atoms with Crippen LogP contribution in [0.3, 0.4) is 0 Å². The highest BCUT2D eigenvalue weighted by Crippen LogP contribution is 2.35. The van der Waals surface area contributed by atoms with Crippen LogP contribution in [0.4, 0.5) is 18.9 Å². The number of carbonyl (C=O) groups is 2. The SMILES string of the molecule is Cn1cc(CN2CC[C@H]3[C@@H]2CCC(=O)N3c2ccccc2)cn1.O=C(O)C(F)(F)F. The van der Waals surface area contributed by atoms with Gasteiger partial charge in [0.15, 0.2) is 0 Å². The number of likely N-dealkylation sites (tertiary alicyclic amines) is 1. The first-order valence-corrected chi connectivity index (χ1v) is 9.55. The number of para-hydroxylation sites is 1. The van der Waals surface area contributed by atoms with E-state index in [1.54, 1.807) is 0 Å². The van der Waals surface area contributed by atoms with Gasteiger partial charge in [-0.05, 0) is 25.0 Å². The molecule has 2 aliphatic heterocycles. The highest BCUT2D eigenvalue weighted by molar-refractivity contribution is 5.95. The van der Waals surface area contributed by atoms with Gasteiger partial charge in [0, 0.05) is 50.0 Å². The van der Waals surface area contributed by atoms with Gasteiger partial charge < -0.3 is 10.0 Å². The first kappa shape index (κ1) is 21.8. The van der Waals surface area contributed by atoms with E-state index in [9.17, 15) is 18.0 Å². The number of hydrogen-bond acceptors (Lipinski definition) is 4. The lowest BCUT2D eigenvalue weighted by Crippen LogP contribution is -2.52. The van der Waals surface area contributed by atoms with E-state index in [1.165, 1.54) is 5.56 Å². The average Bonchev–Trinajstić information content (AvgIpc) is 3.28. The number of carboxylic acids is 1. The zero-order chi connectivity index (χ0) is 21.9. The number of carbonyl (C=O) groups excluding carboxylic acids is 1. The van der Waals surface area contributed by atoms with E-state index >= 15 is 0 Å². The molecule has 162 valence electrons. The van der Waals surface area contributed by atoms with Crippen LogP contribution in [0.15, 0.2) is 42.7 Å². The smallest absolute Gasteiger partial charge is 0.475 e. The summed E-state index contributed by atoms with van der Waals surface area (Å²) in [7, 11) is 1.95. The highest BCUT2D eigenvalue weighted by Gasteiger charge is 2.43. The van der Waals surface area contributed by atoms with Gasteiger partial charge in [0.25, 0.3) is 0 Å². The maximum Gasteiger partial charge on any atom is 0.490 e. The summed E-state index contributed by atoms with van der Waals surface area (Å²) in [5.74, 6) is -2.49. The van der Waals surface area contributed by atoms with Gasteiger partial charge in [-0.1, -0.05) is 18.2 Å². The third-order valence-electron chi connectivity index (χ3n) is 5.30. The van der Waals surface area contributed by atoms with Crippen LogP contribution in [0.5, 0.6) is 0 Å². The number of hydrogen-bond donors (Lipinski definition) is 1. The number of piperidine rings is 1. The van der Waals surface area contributed by atoms with Crippen LogP contribution in [0.2, 0.25) is 0 Å². The molecule has 1 aromatic carbocycles. The van der Waals surface area contributed by atoms with Crippen molar-refractivity contribution in [2.75, 3.05) is 11.4 Å². The zero-order valence-corrected chi connectivity index (χ0v) is 16.4. The predicted molar refractivity (Wildman–Crippen MR) is 103 cm³/mol. The third kappa shape index (κ3) is 4.99. The minimum absolute atomic E-state index is 0.265. The van der Waals surface area contributed by atoms with Gasteiger partial charge in [-0.2, -0.15) is 18.3 Å². The van der Waals surface area contributed by atoms with Crippen LogP contribution in [0.25, 0.3) is 0 Å². The summed E-state index contributed by atoms with van der Waals surface area (Å²) in [5, 5.41) is 11.4. The Bertz CT molecular complexity index is 885. The fraction of sp³-hybridized carbons (Fsp3) is 0.450. The summed E-state index contributed by atoms with van der Waals surface area (Å²) in [6.07, 6.45) is 1.59. The molecule has 7 nitrogen and oxygen atoms in total. The molecule has 0 unspecified atom stereocenters. The number of fused-ring (bicyclic) bond motifs is 1. The summed E-state index contributed by atoms with van der Waals surface area (Å²) in [5.41, 5.74) is 2.28. The van der Waals surface area contributed by atoms with Crippen molar-refractivity contribution in [1.82, 2.24) is 14.7 Å². The topological polar surface area (TPSA) is 78.7 Å². The normalized spacial score (nSPS) is 21.7. The molecule has 2 fully saturated rings. The van der Waals surface area contributed by atoms with Gasteiger partial charge in [-0.3, -0.25) is 14.4 Å². The van der Waals surface area contributed by atoms with Crippen molar-refractivity contribution in [1.29, 1.82) is 0 Å². The molecule has 2 saturated heterocycles. The van der Waals surface area contributed by atoms with E-state index in [2.05, 4.69) is 16.2 Å². The molecule has 1 aromatic heterocycles. The van der Waals surface area contributed by atoms with Crippen molar-refractivity contribution in [3.05, 3.63) is 48.3 Å². The van der Waals surface area contributed by atoms with Crippen LogP contribution in [0, 0.1) is 0 Å². The lowest BCUT2D eigenvalue weighted by molar-refractivity contribution is -0.192. The number of nitrogens with zero attached hydrogens (tertiary/aromatic N) is 4. The van der Waals surface area contributed by atoms with E-state index < -0.39 is 12.1 Å². The van der Waals surface area contributed by atoms with Crippen LogP contribution < -0.4 is 4.90 Å².